The molecule has 0 radical (unpaired) electrons. The normalized spacial score (nSPS) is 19.2. The molecular weight excluding hydrogens is 296 g/mol. The molecule has 1 aliphatic rings. The zero-order chi connectivity index (χ0) is 16.4. The zero-order valence-corrected chi connectivity index (χ0v) is 13.1. The van der Waals surface area contributed by atoms with Crippen LogP contribution in [0.3, 0.4) is 0 Å². The van der Waals surface area contributed by atoms with E-state index in [1.807, 2.05) is 19.3 Å². The smallest absolute Gasteiger partial charge is 0.337 e. The van der Waals surface area contributed by atoms with Gasteiger partial charge in [-0.3, -0.25) is 9.48 Å². The largest absolute Gasteiger partial charge is 0.465 e. The summed E-state index contributed by atoms with van der Waals surface area (Å²) in [5, 5.41) is 4.12. The molecule has 0 saturated heterocycles. The molecule has 3 rings (SSSR count). The summed E-state index contributed by atoms with van der Waals surface area (Å²) in [4.78, 5) is 23.6. The van der Waals surface area contributed by atoms with Crippen molar-refractivity contribution >= 4 is 11.9 Å². The topological polar surface area (TPSA) is 70.4 Å². The lowest BCUT2D eigenvalue weighted by Gasteiger charge is -2.06. The predicted molar refractivity (Wildman–Crippen MR) is 81.6 cm³/mol. The van der Waals surface area contributed by atoms with E-state index in [9.17, 15) is 9.59 Å². The molecule has 0 aliphatic heterocycles. The Labute approximate surface area is 134 Å². The first-order chi connectivity index (χ1) is 11.1. The number of ether oxygens (including phenoxy) is 2. The van der Waals surface area contributed by atoms with Crippen LogP contribution in [0.15, 0.2) is 36.7 Å². The zero-order valence-electron chi connectivity index (χ0n) is 13.1. The number of rotatable bonds is 5. The first-order valence-corrected chi connectivity index (χ1v) is 7.41. The summed E-state index contributed by atoms with van der Waals surface area (Å²) in [6.45, 7) is 0.153. The van der Waals surface area contributed by atoms with Crippen LogP contribution in [0, 0.1) is 5.92 Å². The minimum atomic E-state index is -0.406. The van der Waals surface area contributed by atoms with Gasteiger partial charge in [0, 0.05) is 19.2 Å². The van der Waals surface area contributed by atoms with Crippen LogP contribution in [0.5, 0.6) is 0 Å². The van der Waals surface area contributed by atoms with Crippen molar-refractivity contribution < 1.29 is 19.1 Å². The van der Waals surface area contributed by atoms with Gasteiger partial charge in [0.2, 0.25) is 0 Å². The molecule has 0 spiro atoms. The van der Waals surface area contributed by atoms with E-state index in [4.69, 9.17) is 4.74 Å². The maximum absolute atomic E-state index is 12.1. The summed E-state index contributed by atoms with van der Waals surface area (Å²) in [6, 6.07) is 6.89. The lowest BCUT2D eigenvalue weighted by molar-refractivity contribution is -0.146. The number of aromatic nitrogens is 2. The number of carbonyl (C=O) groups excluding carboxylic acids is 2. The van der Waals surface area contributed by atoms with E-state index in [0.717, 1.165) is 17.5 Å². The highest BCUT2D eigenvalue weighted by Gasteiger charge is 2.45. The molecule has 6 nitrogen and oxygen atoms in total. The summed E-state index contributed by atoms with van der Waals surface area (Å²) < 4.78 is 11.8. The molecule has 2 aromatic rings. The van der Waals surface area contributed by atoms with Gasteiger partial charge in [-0.15, -0.1) is 0 Å². The number of hydrogen-bond donors (Lipinski definition) is 0. The van der Waals surface area contributed by atoms with Gasteiger partial charge in [0.05, 0.1) is 24.8 Å². The van der Waals surface area contributed by atoms with E-state index >= 15 is 0 Å². The third-order valence-corrected chi connectivity index (χ3v) is 3.98. The molecule has 1 aliphatic carbocycles. The van der Waals surface area contributed by atoms with Gasteiger partial charge in [-0.1, -0.05) is 12.1 Å². The molecule has 23 heavy (non-hydrogen) atoms. The minimum Gasteiger partial charge on any atom is -0.465 e. The number of methoxy groups -OCH3 is 1. The van der Waals surface area contributed by atoms with Crippen molar-refractivity contribution in [1.29, 1.82) is 0 Å². The predicted octanol–water partition coefficient (Wildman–Crippen LogP) is 2.05. The molecule has 6 heteroatoms. The Morgan fingerprint density at radius 1 is 1.39 bits per heavy atom. The first-order valence-electron chi connectivity index (χ1n) is 7.41. The molecule has 0 unspecified atom stereocenters. The van der Waals surface area contributed by atoms with Gasteiger partial charge in [0.25, 0.3) is 0 Å². The lowest BCUT2D eigenvalue weighted by atomic mass is 10.1. The molecule has 0 N–H and O–H groups in total. The van der Waals surface area contributed by atoms with Crippen LogP contribution in [-0.4, -0.2) is 28.8 Å². The maximum atomic E-state index is 12.1. The number of hydrogen-bond acceptors (Lipinski definition) is 5. The van der Waals surface area contributed by atoms with Crippen molar-refractivity contribution in [1.82, 2.24) is 9.78 Å². The molecule has 0 amide bonds. The molecule has 1 fully saturated rings. The Kier molecular flexibility index (Phi) is 4.14. The third-order valence-electron chi connectivity index (χ3n) is 3.98. The van der Waals surface area contributed by atoms with E-state index in [1.54, 1.807) is 29.1 Å². The fraction of sp³-hybridized carbons (Fsp3) is 0.353. The number of carbonyl (C=O) groups is 2. The van der Waals surface area contributed by atoms with Crippen LogP contribution < -0.4 is 0 Å². The van der Waals surface area contributed by atoms with E-state index in [0.29, 0.717) is 5.56 Å². The van der Waals surface area contributed by atoms with Crippen molar-refractivity contribution in [3.05, 3.63) is 53.3 Å². The number of aryl methyl sites for hydroxylation is 1. The fourth-order valence-corrected chi connectivity index (χ4v) is 2.62. The van der Waals surface area contributed by atoms with Crippen molar-refractivity contribution in [2.45, 2.75) is 18.9 Å². The van der Waals surface area contributed by atoms with Crippen molar-refractivity contribution in [3.63, 3.8) is 0 Å². The molecule has 1 saturated carbocycles. The second kappa shape index (κ2) is 6.24. The molecule has 1 aromatic heterocycles. The first kappa shape index (κ1) is 15.3. The third kappa shape index (κ3) is 3.41. The van der Waals surface area contributed by atoms with Crippen LogP contribution in [-0.2, 0) is 27.9 Å². The average Bonchev–Trinajstić information content (AvgIpc) is 3.26. The van der Waals surface area contributed by atoms with E-state index < -0.39 is 5.97 Å². The second-order valence-corrected chi connectivity index (χ2v) is 5.70. The fourth-order valence-electron chi connectivity index (χ4n) is 2.62. The Bertz CT molecular complexity index is 738. The van der Waals surface area contributed by atoms with E-state index in [-0.39, 0.29) is 24.4 Å². The molecule has 1 heterocycles. The molecular formula is C17H18N2O4. The molecule has 120 valence electrons. The van der Waals surface area contributed by atoms with Gasteiger partial charge < -0.3 is 9.47 Å². The Morgan fingerprint density at radius 3 is 2.91 bits per heavy atom. The lowest BCUT2D eigenvalue weighted by Crippen LogP contribution is -2.08. The average molecular weight is 314 g/mol. The Morgan fingerprint density at radius 2 is 2.22 bits per heavy atom. The summed E-state index contributed by atoms with van der Waals surface area (Å²) in [6.07, 6.45) is 4.52. The van der Waals surface area contributed by atoms with Crippen molar-refractivity contribution in [3.8, 4) is 0 Å². The van der Waals surface area contributed by atoms with Gasteiger partial charge >= 0.3 is 11.9 Å². The highest BCUT2D eigenvalue weighted by Crippen LogP contribution is 2.48. The summed E-state index contributed by atoms with van der Waals surface area (Å²) in [5.41, 5.74) is 2.28. The Hall–Kier alpha value is -2.63. The van der Waals surface area contributed by atoms with Crippen LogP contribution in [0.4, 0.5) is 0 Å². The number of benzene rings is 1. The van der Waals surface area contributed by atoms with Gasteiger partial charge in [0.1, 0.15) is 6.61 Å². The van der Waals surface area contributed by atoms with E-state index in [2.05, 4.69) is 9.84 Å². The maximum Gasteiger partial charge on any atom is 0.337 e. The van der Waals surface area contributed by atoms with Crippen LogP contribution in [0.2, 0.25) is 0 Å². The summed E-state index contributed by atoms with van der Waals surface area (Å²) in [7, 11) is 3.19. The molecule has 0 bridgehead atoms. The van der Waals surface area contributed by atoms with Crippen LogP contribution in [0.25, 0.3) is 0 Å². The number of esters is 2. The standard InChI is InChI=1S/C17H18N2O4/c1-19-9-13(8-18-19)14-7-15(14)17(21)23-10-11-4-3-5-12(6-11)16(20)22-2/h3-6,8-9,14-15H,7,10H2,1-2H3/t14-,15-/m1/s1. The van der Waals surface area contributed by atoms with Crippen LogP contribution >= 0.6 is 0 Å². The van der Waals surface area contributed by atoms with Gasteiger partial charge in [0.15, 0.2) is 0 Å². The SMILES string of the molecule is COC(=O)c1cccc(COC(=O)[C@@H]2C[C@@H]2c2cnn(C)c2)c1. The van der Waals surface area contributed by atoms with Crippen molar-refractivity contribution in [2.75, 3.05) is 7.11 Å². The summed E-state index contributed by atoms with van der Waals surface area (Å²) >= 11 is 0. The van der Waals surface area contributed by atoms with Crippen molar-refractivity contribution in [2.24, 2.45) is 13.0 Å². The van der Waals surface area contributed by atoms with Gasteiger partial charge in [-0.25, -0.2) is 4.79 Å². The molecule has 1 aromatic carbocycles. The van der Waals surface area contributed by atoms with Gasteiger partial charge in [-0.05, 0) is 29.7 Å². The highest BCUT2D eigenvalue weighted by atomic mass is 16.5. The monoisotopic (exact) mass is 314 g/mol. The molecule has 2 atom stereocenters. The highest BCUT2D eigenvalue weighted by molar-refractivity contribution is 5.89. The summed E-state index contributed by atoms with van der Waals surface area (Å²) in [5.74, 6) is -0.500. The number of nitrogens with zero attached hydrogens (tertiary/aromatic N) is 2. The second-order valence-electron chi connectivity index (χ2n) is 5.70. The van der Waals surface area contributed by atoms with E-state index in [1.165, 1.54) is 7.11 Å². The quantitative estimate of drug-likeness (QED) is 0.790. The van der Waals surface area contributed by atoms with Crippen LogP contribution in [0.1, 0.15) is 33.8 Å². The minimum absolute atomic E-state index is 0.0945. The Balaban J connectivity index is 1.55. The van der Waals surface area contributed by atoms with Gasteiger partial charge in [-0.2, -0.15) is 5.10 Å².